The van der Waals surface area contributed by atoms with Crippen molar-refractivity contribution in [2.45, 2.75) is 13.8 Å². The molecule has 0 aliphatic carbocycles. The number of aromatic carboxylic acids is 1. The molecule has 0 amide bonds. The van der Waals surface area contributed by atoms with E-state index in [4.69, 9.17) is 9.84 Å². The summed E-state index contributed by atoms with van der Waals surface area (Å²) < 4.78 is 5.61. The standard InChI is InChI=1S/C9H10BrNO3/c1-4-6(9(12)13)8(14-3)11-5(2)7(4)10/h1-3H3,(H,12,13). The van der Waals surface area contributed by atoms with Crippen molar-refractivity contribution in [1.29, 1.82) is 0 Å². The summed E-state index contributed by atoms with van der Waals surface area (Å²) in [5, 5.41) is 8.95. The van der Waals surface area contributed by atoms with Crippen LogP contribution < -0.4 is 4.74 Å². The largest absolute Gasteiger partial charge is 0.480 e. The monoisotopic (exact) mass is 259 g/mol. The van der Waals surface area contributed by atoms with Crippen molar-refractivity contribution in [2.24, 2.45) is 0 Å². The summed E-state index contributed by atoms with van der Waals surface area (Å²) in [6, 6.07) is 0. The molecular weight excluding hydrogens is 250 g/mol. The number of halogens is 1. The smallest absolute Gasteiger partial charge is 0.341 e. The van der Waals surface area contributed by atoms with Crippen LogP contribution in [0.5, 0.6) is 5.88 Å². The van der Waals surface area contributed by atoms with E-state index in [0.29, 0.717) is 15.7 Å². The van der Waals surface area contributed by atoms with Crippen molar-refractivity contribution in [3.8, 4) is 5.88 Å². The molecule has 0 aromatic carbocycles. The van der Waals surface area contributed by atoms with E-state index in [-0.39, 0.29) is 11.4 Å². The Morgan fingerprint density at radius 3 is 2.50 bits per heavy atom. The van der Waals surface area contributed by atoms with E-state index in [1.54, 1.807) is 13.8 Å². The minimum atomic E-state index is -1.03. The second-order valence-electron chi connectivity index (χ2n) is 2.83. The predicted octanol–water partition coefficient (Wildman–Crippen LogP) is 2.17. The third-order valence-corrected chi connectivity index (χ3v) is 3.08. The number of hydrogen-bond acceptors (Lipinski definition) is 3. The highest BCUT2D eigenvalue weighted by atomic mass is 79.9. The van der Waals surface area contributed by atoms with Gasteiger partial charge in [0.25, 0.3) is 0 Å². The molecular formula is C9H10BrNO3. The maximum atomic E-state index is 10.9. The number of hydrogen-bond donors (Lipinski definition) is 1. The van der Waals surface area contributed by atoms with Gasteiger partial charge in [-0.15, -0.1) is 0 Å². The summed E-state index contributed by atoms with van der Waals surface area (Å²) in [7, 11) is 1.40. The van der Waals surface area contributed by atoms with Crippen molar-refractivity contribution in [3.05, 3.63) is 21.3 Å². The van der Waals surface area contributed by atoms with Crippen molar-refractivity contribution < 1.29 is 14.6 Å². The molecule has 1 N–H and O–H groups in total. The molecule has 0 aliphatic rings. The Morgan fingerprint density at radius 2 is 2.07 bits per heavy atom. The molecule has 0 saturated carbocycles. The molecule has 14 heavy (non-hydrogen) atoms. The summed E-state index contributed by atoms with van der Waals surface area (Å²) in [6.07, 6.45) is 0. The van der Waals surface area contributed by atoms with Crippen LogP contribution in [0.25, 0.3) is 0 Å². The quantitative estimate of drug-likeness (QED) is 0.885. The van der Waals surface area contributed by atoms with Crippen molar-refractivity contribution in [2.75, 3.05) is 7.11 Å². The van der Waals surface area contributed by atoms with Crippen molar-refractivity contribution in [1.82, 2.24) is 4.98 Å². The van der Waals surface area contributed by atoms with Gasteiger partial charge in [-0.25, -0.2) is 9.78 Å². The number of rotatable bonds is 2. The highest BCUT2D eigenvalue weighted by Gasteiger charge is 2.19. The van der Waals surface area contributed by atoms with E-state index < -0.39 is 5.97 Å². The molecule has 0 radical (unpaired) electrons. The van der Waals surface area contributed by atoms with Crippen LogP contribution in [0.3, 0.4) is 0 Å². The van der Waals surface area contributed by atoms with Gasteiger partial charge in [0.15, 0.2) is 0 Å². The van der Waals surface area contributed by atoms with Crippen LogP contribution in [-0.2, 0) is 0 Å². The summed E-state index contributed by atoms with van der Waals surface area (Å²) in [5.74, 6) is -0.886. The lowest BCUT2D eigenvalue weighted by Crippen LogP contribution is -2.07. The van der Waals surface area contributed by atoms with Crippen molar-refractivity contribution in [3.63, 3.8) is 0 Å². The number of aryl methyl sites for hydroxylation is 1. The van der Waals surface area contributed by atoms with Gasteiger partial charge in [-0.1, -0.05) is 0 Å². The molecule has 0 fully saturated rings. The SMILES string of the molecule is COc1nc(C)c(Br)c(C)c1C(=O)O. The Balaban J connectivity index is 3.53. The first-order valence-corrected chi connectivity index (χ1v) is 4.72. The summed E-state index contributed by atoms with van der Waals surface area (Å²) >= 11 is 3.28. The van der Waals surface area contributed by atoms with Crippen LogP contribution in [-0.4, -0.2) is 23.2 Å². The Hall–Kier alpha value is -1.10. The number of methoxy groups -OCH3 is 1. The molecule has 0 spiro atoms. The van der Waals surface area contributed by atoms with Gasteiger partial charge in [-0.3, -0.25) is 0 Å². The molecule has 4 nitrogen and oxygen atoms in total. The number of carboxylic acid groups (broad SMARTS) is 1. The number of carbonyl (C=O) groups is 1. The minimum absolute atomic E-state index is 0.102. The fraction of sp³-hybridized carbons (Fsp3) is 0.333. The Bertz CT molecular complexity index is 390. The van der Waals surface area contributed by atoms with E-state index >= 15 is 0 Å². The summed E-state index contributed by atoms with van der Waals surface area (Å²) in [6.45, 7) is 3.50. The molecule has 76 valence electrons. The Kier molecular flexibility index (Phi) is 3.10. The number of aromatic nitrogens is 1. The minimum Gasteiger partial charge on any atom is -0.480 e. The molecule has 1 rings (SSSR count). The van der Waals surface area contributed by atoms with Gasteiger partial charge in [0.1, 0.15) is 5.56 Å². The zero-order valence-electron chi connectivity index (χ0n) is 8.09. The lowest BCUT2D eigenvalue weighted by molar-refractivity contribution is 0.0691. The lowest BCUT2D eigenvalue weighted by atomic mass is 10.1. The van der Waals surface area contributed by atoms with E-state index in [9.17, 15) is 4.79 Å². The molecule has 0 unspecified atom stereocenters. The zero-order valence-corrected chi connectivity index (χ0v) is 9.67. The first-order chi connectivity index (χ1) is 6.49. The summed E-state index contributed by atoms with van der Waals surface area (Å²) in [4.78, 5) is 14.9. The van der Waals surface area contributed by atoms with Gasteiger partial charge < -0.3 is 9.84 Å². The van der Waals surface area contributed by atoms with E-state index in [1.807, 2.05) is 0 Å². The molecule has 1 heterocycles. The van der Waals surface area contributed by atoms with Crippen LogP contribution in [0, 0.1) is 13.8 Å². The molecule has 5 heteroatoms. The molecule has 0 aliphatic heterocycles. The second-order valence-corrected chi connectivity index (χ2v) is 3.62. The summed E-state index contributed by atoms with van der Waals surface area (Å²) in [5.41, 5.74) is 1.44. The maximum absolute atomic E-state index is 10.9. The second kappa shape index (κ2) is 3.96. The molecule has 1 aromatic rings. The number of nitrogens with zero attached hydrogens (tertiary/aromatic N) is 1. The number of carboxylic acids is 1. The predicted molar refractivity (Wildman–Crippen MR) is 54.9 cm³/mol. The fourth-order valence-electron chi connectivity index (χ4n) is 1.20. The van der Waals surface area contributed by atoms with Crippen LogP contribution >= 0.6 is 15.9 Å². The first-order valence-electron chi connectivity index (χ1n) is 3.93. The van der Waals surface area contributed by atoms with Crippen LogP contribution in [0.4, 0.5) is 0 Å². The zero-order chi connectivity index (χ0) is 10.9. The Labute approximate surface area is 90.0 Å². The average molecular weight is 260 g/mol. The Morgan fingerprint density at radius 1 is 1.50 bits per heavy atom. The van der Waals surface area contributed by atoms with Gasteiger partial charge in [0, 0.05) is 4.47 Å². The van der Waals surface area contributed by atoms with E-state index in [0.717, 1.165) is 0 Å². The van der Waals surface area contributed by atoms with E-state index in [2.05, 4.69) is 20.9 Å². The third-order valence-electron chi connectivity index (χ3n) is 1.91. The third kappa shape index (κ3) is 1.72. The topological polar surface area (TPSA) is 59.4 Å². The van der Waals surface area contributed by atoms with Crippen molar-refractivity contribution >= 4 is 21.9 Å². The average Bonchev–Trinajstić information content (AvgIpc) is 2.12. The maximum Gasteiger partial charge on any atom is 0.341 e. The van der Waals surface area contributed by atoms with Gasteiger partial charge in [0.2, 0.25) is 5.88 Å². The van der Waals surface area contributed by atoms with Crippen LogP contribution in [0.1, 0.15) is 21.6 Å². The van der Waals surface area contributed by atoms with Crippen LogP contribution in [0.2, 0.25) is 0 Å². The molecule has 0 atom stereocenters. The number of ether oxygens (including phenoxy) is 1. The fourth-order valence-corrected chi connectivity index (χ4v) is 1.49. The first kappa shape index (κ1) is 11.0. The normalized spacial score (nSPS) is 10.0. The molecule has 0 bridgehead atoms. The molecule has 1 aromatic heterocycles. The van der Waals surface area contributed by atoms with Gasteiger partial charge in [0.05, 0.1) is 12.8 Å². The van der Waals surface area contributed by atoms with Crippen LogP contribution in [0.15, 0.2) is 4.47 Å². The van der Waals surface area contributed by atoms with Gasteiger partial charge in [-0.05, 0) is 35.3 Å². The van der Waals surface area contributed by atoms with E-state index in [1.165, 1.54) is 7.11 Å². The highest BCUT2D eigenvalue weighted by molar-refractivity contribution is 9.10. The number of pyridine rings is 1. The lowest BCUT2D eigenvalue weighted by Gasteiger charge is -2.10. The molecule has 0 saturated heterocycles. The van der Waals surface area contributed by atoms with Gasteiger partial charge >= 0.3 is 5.97 Å². The highest BCUT2D eigenvalue weighted by Crippen LogP contribution is 2.28. The van der Waals surface area contributed by atoms with Gasteiger partial charge in [-0.2, -0.15) is 0 Å².